The number of para-hydroxylation sites is 1. The molecular weight excluding hydrogens is 288 g/mol. The number of pyridine rings is 1. The van der Waals surface area contributed by atoms with Crippen molar-refractivity contribution < 1.29 is 4.79 Å². The number of hydrogen-bond acceptors (Lipinski definition) is 2. The van der Waals surface area contributed by atoms with E-state index >= 15 is 0 Å². The molecule has 0 spiro atoms. The van der Waals surface area contributed by atoms with E-state index in [0.29, 0.717) is 5.39 Å². The van der Waals surface area contributed by atoms with Crippen LogP contribution >= 0.6 is 0 Å². The highest BCUT2D eigenvalue weighted by Gasteiger charge is 2.15. The third-order valence-corrected chi connectivity index (χ3v) is 4.39. The first-order valence-corrected chi connectivity index (χ1v) is 7.76. The van der Waals surface area contributed by atoms with E-state index in [4.69, 9.17) is 0 Å². The van der Waals surface area contributed by atoms with Gasteiger partial charge in [-0.2, -0.15) is 0 Å². The Bertz CT molecular complexity index is 973. The van der Waals surface area contributed by atoms with Crippen LogP contribution in [-0.4, -0.2) is 10.9 Å². The van der Waals surface area contributed by atoms with E-state index in [2.05, 4.69) is 16.4 Å². The van der Waals surface area contributed by atoms with E-state index in [1.54, 1.807) is 12.1 Å². The molecule has 23 heavy (non-hydrogen) atoms. The molecule has 0 saturated carbocycles. The zero-order chi connectivity index (χ0) is 15.8. The Kier molecular flexibility index (Phi) is 3.23. The average molecular weight is 304 g/mol. The third-order valence-electron chi connectivity index (χ3n) is 4.39. The summed E-state index contributed by atoms with van der Waals surface area (Å²) < 4.78 is 0. The summed E-state index contributed by atoms with van der Waals surface area (Å²) in [7, 11) is 0. The minimum absolute atomic E-state index is 0.129. The topological polar surface area (TPSA) is 62.0 Å². The Hall–Kier alpha value is -2.88. The van der Waals surface area contributed by atoms with E-state index in [1.165, 1.54) is 17.3 Å². The van der Waals surface area contributed by atoms with Crippen LogP contribution in [0.5, 0.6) is 0 Å². The molecule has 2 N–H and O–H groups in total. The Morgan fingerprint density at radius 2 is 1.87 bits per heavy atom. The number of rotatable bonds is 2. The molecular formula is C19H16N2O2. The highest BCUT2D eigenvalue weighted by Crippen LogP contribution is 2.25. The summed E-state index contributed by atoms with van der Waals surface area (Å²) in [4.78, 5) is 27.9. The Labute approximate surface area is 133 Å². The summed E-state index contributed by atoms with van der Waals surface area (Å²) >= 11 is 0. The van der Waals surface area contributed by atoms with Gasteiger partial charge in [0.15, 0.2) is 0 Å². The normalized spacial score (nSPS) is 13.0. The number of carbonyl (C=O) groups is 1. The summed E-state index contributed by atoms with van der Waals surface area (Å²) in [6, 6.07) is 13.1. The molecule has 0 unspecified atom stereocenters. The van der Waals surface area contributed by atoms with Gasteiger partial charge in [-0.1, -0.05) is 18.2 Å². The molecule has 1 amide bonds. The van der Waals surface area contributed by atoms with Gasteiger partial charge in [-0.25, -0.2) is 0 Å². The molecule has 0 saturated heterocycles. The van der Waals surface area contributed by atoms with Gasteiger partial charge in [0.05, 0.1) is 0 Å². The number of amides is 1. The summed E-state index contributed by atoms with van der Waals surface area (Å²) in [5, 5.41) is 3.36. The quantitative estimate of drug-likeness (QED) is 0.763. The second-order valence-corrected chi connectivity index (χ2v) is 5.87. The lowest BCUT2D eigenvalue weighted by Crippen LogP contribution is -2.22. The van der Waals surface area contributed by atoms with Crippen molar-refractivity contribution in [2.75, 3.05) is 5.32 Å². The van der Waals surface area contributed by atoms with Gasteiger partial charge in [0.1, 0.15) is 5.56 Å². The first-order valence-electron chi connectivity index (χ1n) is 7.76. The smallest absolute Gasteiger partial charge is 0.261 e. The van der Waals surface area contributed by atoms with Crippen molar-refractivity contribution in [3.05, 3.63) is 75.6 Å². The zero-order valence-electron chi connectivity index (χ0n) is 12.6. The van der Waals surface area contributed by atoms with Crippen LogP contribution in [-0.2, 0) is 12.8 Å². The number of H-pyrrole nitrogens is 1. The maximum absolute atomic E-state index is 12.5. The SMILES string of the molecule is O=C(Nc1ccc2c(c1)CCC2)c1c[nH]c2ccccc2c1=O. The predicted octanol–water partition coefficient (Wildman–Crippen LogP) is 3.27. The summed E-state index contributed by atoms with van der Waals surface area (Å²) in [6.45, 7) is 0. The molecule has 2 aromatic carbocycles. The fourth-order valence-electron chi connectivity index (χ4n) is 3.18. The van der Waals surface area contributed by atoms with Gasteiger partial charge in [-0.05, 0) is 54.7 Å². The van der Waals surface area contributed by atoms with Crippen LogP contribution in [0, 0.1) is 0 Å². The van der Waals surface area contributed by atoms with Gasteiger partial charge in [0.2, 0.25) is 5.43 Å². The Balaban J connectivity index is 1.67. The molecule has 1 heterocycles. The summed E-state index contributed by atoms with van der Waals surface area (Å²) in [5.74, 6) is -0.380. The van der Waals surface area contributed by atoms with Crippen molar-refractivity contribution in [1.82, 2.24) is 4.98 Å². The molecule has 4 rings (SSSR count). The van der Waals surface area contributed by atoms with Crippen molar-refractivity contribution in [1.29, 1.82) is 0 Å². The van der Waals surface area contributed by atoms with Gasteiger partial charge in [0.25, 0.3) is 5.91 Å². The van der Waals surface area contributed by atoms with Gasteiger partial charge >= 0.3 is 0 Å². The molecule has 3 aromatic rings. The number of anilines is 1. The van der Waals surface area contributed by atoms with E-state index in [9.17, 15) is 9.59 Å². The molecule has 0 aliphatic heterocycles. The Morgan fingerprint density at radius 3 is 2.78 bits per heavy atom. The van der Waals surface area contributed by atoms with Crippen LogP contribution in [0.25, 0.3) is 10.9 Å². The van der Waals surface area contributed by atoms with E-state index in [0.717, 1.165) is 30.5 Å². The van der Waals surface area contributed by atoms with Crippen molar-refractivity contribution >= 4 is 22.5 Å². The lowest BCUT2D eigenvalue weighted by molar-refractivity contribution is 0.102. The molecule has 4 heteroatoms. The molecule has 0 fully saturated rings. The minimum Gasteiger partial charge on any atom is -0.360 e. The number of aryl methyl sites for hydroxylation is 2. The number of hydrogen-bond donors (Lipinski definition) is 2. The van der Waals surface area contributed by atoms with Crippen LogP contribution in [0.4, 0.5) is 5.69 Å². The second-order valence-electron chi connectivity index (χ2n) is 5.87. The maximum atomic E-state index is 12.5. The number of benzene rings is 2. The second kappa shape index (κ2) is 5.39. The molecule has 114 valence electrons. The number of aromatic amines is 1. The summed E-state index contributed by atoms with van der Waals surface area (Å²) in [6.07, 6.45) is 4.80. The van der Waals surface area contributed by atoms with E-state index in [-0.39, 0.29) is 16.9 Å². The van der Waals surface area contributed by atoms with Crippen LogP contribution in [0.2, 0.25) is 0 Å². The lowest BCUT2D eigenvalue weighted by Gasteiger charge is -2.08. The highest BCUT2D eigenvalue weighted by molar-refractivity contribution is 6.05. The molecule has 1 aliphatic rings. The van der Waals surface area contributed by atoms with Crippen LogP contribution in [0.1, 0.15) is 27.9 Å². The van der Waals surface area contributed by atoms with Gasteiger partial charge in [0, 0.05) is 22.8 Å². The molecule has 1 aromatic heterocycles. The number of fused-ring (bicyclic) bond motifs is 2. The number of carbonyl (C=O) groups excluding carboxylic acids is 1. The standard InChI is InChI=1S/C19H16N2O2/c22-18-15-6-1-2-7-17(15)20-11-16(18)19(23)21-14-9-8-12-4-3-5-13(12)10-14/h1-2,6-11H,3-5H2,(H,20,22)(H,21,23). The fourth-order valence-corrected chi connectivity index (χ4v) is 3.18. The van der Waals surface area contributed by atoms with Crippen molar-refractivity contribution in [2.24, 2.45) is 0 Å². The van der Waals surface area contributed by atoms with Gasteiger partial charge < -0.3 is 10.3 Å². The van der Waals surface area contributed by atoms with Gasteiger partial charge in [-0.15, -0.1) is 0 Å². The number of nitrogens with one attached hydrogen (secondary N) is 2. The van der Waals surface area contributed by atoms with Crippen LogP contribution in [0.3, 0.4) is 0 Å². The first kappa shape index (κ1) is 13.8. The van der Waals surface area contributed by atoms with Crippen molar-refractivity contribution in [3.8, 4) is 0 Å². The fraction of sp³-hybridized carbons (Fsp3) is 0.158. The van der Waals surface area contributed by atoms with Crippen molar-refractivity contribution in [3.63, 3.8) is 0 Å². The zero-order valence-corrected chi connectivity index (χ0v) is 12.6. The Morgan fingerprint density at radius 1 is 1.04 bits per heavy atom. The molecule has 1 aliphatic carbocycles. The maximum Gasteiger partial charge on any atom is 0.261 e. The van der Waals surface area contributed by atoms with E-state index < -0.39 is 0 Å². The minimum atomic E-state index is -0.380. The first-order chi connectivity index (χ1) is 11.2. The van der Waals surface area contributed by atoms with Crippen LogP contribution in [0.15, 0.2) is 53.5 Å². The molecule has 0 atom stereocenters. The van der Waals surface area contributed by atoms with E-state index in [1.807, 2.05) is 24.3 Å². The third kappa shape index (κ3) is 2.42. The lowest BCUT2D eigenvalue weighted by atomic mass is 10.1. The molecule has 0 bridgehead atoms. The summed E-state index contributed by atoms with van der Waals surface area (Å²) in [5.41, 5.74) is 3.98. The number of aromatic nitrogens is 1. The highest BCUT2D eigenvalue weighted by atomic mass is 16.2. The predicted molar refractivity (Wildman–Crippen MR) is 91.0 cm³/mol. The monoisotopic (exact) mass is 304 g/mol. The molecule has 0 radical (unpaired) electrons. The van der Waals surface area contributed by atoms with Crippen molar-refractivity contribution in [2.45, 2.75) is 19.3 Å². The molecule has 4 nitrogen and oxygen atoms in total. The van der Waals surface area contributed by atoms with Crippen LogP contribution < -0.4 is 10.7 Å². The van der Waals surface area contributed by atoms with Gasteiger partial charge in [-0.3, -0.25) is 9.59 Å². The largest absolute Gasteiger partial charge is 0.360 e. The average Bonchev–Trinajstić information content (AvgIpc) is 3.03.